The van der Waals surface area contributed by atoms with Gasteiger partial charge in [0.2, 0.25) is 0 Å². The first kappa shape index (κ1) is 11.5. The summed E-state index contributed by atoms with van der Waals surface area (Å²) in [5.74, 6) is 1.31. The maximum atomic E-state index is 9.73. The average Bonchev–Trinajstić information content (AvgIpc) is 2.78. The number of hydrogen-bond acceptors (Lipinski definition) is 4. The second kappa shape index (κ2) is 4.28. The van der Waals surface area contributed by atoms with Gasteiger partial charge in [-0.25, -0.2) is 4.98 Å². The molecule has 2 aromatic rings. The minimum atomic E-state index is 0.173. The van der Waals surface area contributed by atoms with Crippen LogP contribution in [-0.4, -0.2) is 34.6 Å². The Morgan fingerprint density at radius 1 is 1.44 bits per heavy atom. The molecular weight excluding hydrogens is 228 g/mol. The Kier molecular flexibility index (Phi) is 2.74. The van der Waals surface area contributed by atoms with Crippen molar-refractivity contribution in [2.24, 2.45) is 0 Å². The lowest BCUT2D eigenvalue weighted by molar-refractivity contribution is 0.172. The van der Waals surface area contributed by atoms with Gasteiger partial charge in [-0.2, -0.15) is 0 Å². The standard InChI is InChI=1S/C14H18N2O2/c1-9-8-10(6-7-16(9)2)14-15-11-4-3-5-12(17)13(11)18-14/h3-5,9-10,17H,6-8H2,1-2H3/t9-,10-/m0/s1. The molecule has 1 aromatic carbocycles. The Morgan fingerprint density at radius 3 is 3.00 bits per heavy atom. The maximum absolute atomic E-state index is 9.73. The van der Waals surface area contributed by atoms with E-state index in [1.165, 1.54) is 0 Å². The van der Waals surface area contributed by atoms with E-state index in [0.29, 0.717) is 17.5 Å². The Hall–Kier alpha value is -1.55. The van der Waals surface area contributed by atoms with Crippen molar-refractivity contribution in [3.05, 3.63) is 24.1 Å². The molecule has 1 N–H and O–H groups in total. The van der Waals surface area contributed by atoms with E-state index in [-0.39, 0.29) is 5.75 Å². The smallest absolute Gasteiger partial charge is 0.198 e. The van der Waals surface area contributed by atoms with Crippen molar-refractivity contribution in [3.8, 4) is 5.75 Å². The molecule has 2 heterocycles. The summed E-state index contributed by atoms with van der Waals surface area (Å²) in [6.07, 6.45) is 2.12. The molecule has 1 aliphatic rings. The minimum Gasteiger partial charge on any atom is -0.504 e. The number of nitrogens with zero attached hydrogens (tertiary/aromatic N) is 2. The number of likely N-dealkylation sites (tertiary alicyclic amines) is 1. The number of oxazole rings is 1. The number of piperidine rings is 1. The molecule has 3 rings (SSSR count). The lowest BCUT2D eigenvalue weighted by Gasteiger charge is -2.33. The van der Waals surface area contributed by atoms with Gasteiger partial charge in [-0.3, -0.25) is 0 Å². The van der Waals surface area contributed by atoms with Crippen molar-refractivity contribution in [2.45, 2.75) is 31.7 Å². The number of aromatic nitrogens is 1. The van der Waals surface area contributed by atoms with Gasteiger partial charge in [0.1, 0.15) is 5.52 Å². The highest BCUT2D eigenvalue weighted by atomic mass is 16.4. The number of para-hydroxylation sites is 1. The van der Waals surface area contributed by atoms with Crippen LogP contribution in [0.2, 0.25) is 0 Å². The van der Waals surface area contributed by atoms with Gasteiger partial charge in [-0.1, -0.05) is 6.07 Å². The molecule has 2 atom stereocenters. The zero-order valence-corrected chi connectivity index (χ0v) is 10.8. The van der Waals surface area contributed by atoms with Crippen LogP contribution in [0.25, 0.3) is 11.1 Å². The summed E-state index contributed by atoms with van der Waals surface area (Å²) in [5, 5.41) is 9.73. The Balaban J connectivity index is 1.93. The molecule has 4 heteroatoms. The number of rotatable bonds is 1. The number of phenols is 1. The third-order valence-electron chi connectivity index (χ3n) is 3.97. The van der Waals surface area contributed by atoms with Crippen LogP contribution in [0.5, 0.6) is 5.75 Å². The zero-order valence-electron chi connectivity index (χ0n) is 10.8. The maximum Gasteiger partial charge on any atom is 0.198 e. The SMILES string of the molecule is C[C@H]1C[C@@H](c2nc3cccc(O)c3o2)CCN1C. The molecule has 0 radical (unpaired) electrons. The van der Waals surface area contributed by atoms with Crippen LogP contribution in [0.1, 0.15) is 31.6 Å². The summed E-state index contributed by atoms with van der Waals surface area (Å²) in [7, 11) is 2.15. The molecule has 0 unspecified atom stereocenters. The fourth-order valence-electron chi connectivity index (χ4n) is 2.64. The van der Waals surface area contributed by atoms with E-state index < -0.39 is 0 Å². The van der Waals surface area contributed by atoms with Crippen LogP contribution in [0.4, 0.5) is 0 Å². The molecule has 96 valence electrons. The second-order valence-electron chi connectivity index (χ2n) is 5.23. The van der Waals surface area contributed by atoms with E-state index in [2.05, 4.69) is 23.9 Å². The summed E-state index contributed by atoms with van der Waals surface area (Å²) in [6, 6.07) is 5.85. The third kappa shape index (κ3) is 1.86. The summed E-state index contributed by atoms with van der Waals surface area (Å²) < 4.78 is 5.74. The summed E-state index contributed by atoms with van der Waals surface area (Å²) in [4.78, 5) is 6.87. The molecule has 1 saturated heterocycles. The van der Waals surface area contributed by atoms with E-state index in [0.717, 1.165) is 30.8 Å². The predicted octanol–water partition coefficient (Wildman–Crippen LogP) is 2.73. The first-order valence-electron chi connectivity index (χ1n) is 6.44. The molecule has 1 aliphatic heterocycles. The van der Waals surface area contributed by atoms with Gasteiger partial charge < -0.3 is 14.4 Å². The molecular formula is C14H18N2O2. The van der Waals surface area contributed by atoms with Gasteiger partial charge in [-0.15, -0.1) is 0 Å². The van der Waals surface area contributed by atoms with Crippen LogP contribution in [0.3, 0.4) is 0 Å². The van der Waals surface area contributed by atoms with Crippen LogP contribution in [0.15, 0.2) is 22.6 Å². The molecule has 4 nitrogen and oxygen atoms in total. The normalized spacial score (nSPS) is 25.7. The fourth-order valence-corrected chi connectivity index (χ4v) is 2.64. The molecule has 0 saturated carbocycles. The molecule has 1 fully saturated rings. The Morgan fingerprint density at radius 2 is 2.28 bits per heavy atom. The number of benzene rings is 1. The van der Waals surface area contributed by atoms with Crippen LogP contribution in [-0.2, 0) is 0 Å². The molecule has 0 spiro atoms. The monoisotopic (exact) mass is 246 g/mol. The van der Waals surface area contributed by atoms with Gasteiger partial charge >= 0.3 is 0 Å². The van der Waals surface area contributed by atoms with Crippen LogP contribution in [0, 0.1) is 0 Å². The lowest BCUT2D eigenvalue weighted by Crippen LogP contribution is -2.36. The summed E-state index contributed by atoms with van der Waals surface area (Å²) in [5.41, 5.74) is 1.26. The van der Waals surface area contributed by atoms with Crippen molar-refractivity contribution in [1.29, 1.82) is 0 Å². The van der Waals surface area contributed by atoms with E-state index >= 15 is 0 Å². The van der Waals surface area contributed by atoms with Crippen molar-refractivity contribution < 1.29 is 9.52 Å². The van der Waals surface area contributed by atoms with Gasteiger partial charge in [0.25, 0.3) is 0 Å². The van der Waals surface area contributed by atoms with E-state index in [1.54, 1.807) is 12.1 Å². The Labute approximate surface area is 106 Å². The topological polar surface area (TPSA) is 49.5 Å². The number of hydrogen-bond donors (Lipinski definition) is 1. The average molecular weight is 246 g/mol. The first-order chi connectivity index (χ1) is 8.65. The molecule has 0 aliphatic carbocycles. The summed E-state index contributed by atoms with van der Waals surface area (Å²) >= 11 is 0. The minimum absolute atomic E-state index is 0.173. The fraction of sp³-hybridized carbons (Fsp3) is 0.500. The first-order valence-corrected chi connectivity index (χ1v) is 6.44. The number of fused-ring (bicyclic) bond motifs is 1. The van der Waals surface area contributed by atoms with Crippen LogP contribution < -0.4 is 0 Å². The van der Waals surface area contributed by atoms with E-state index in [1.807, 2.05) is 6.07 Å². The molecule has 0 bridgehead atoms. The quantitative estimate of drug-likeness (QED) is 0.840. The predicted molar refractivity (Wildman–Crippen MR) is 69.7 cm³/mol. The van der Waals surface area contributed by atoms with E-state index in [4.69, 9.17) is 4.42 Å². The third-order valence-corrected chi connectivity index (χ3v) is 3.97. The van der Waals surface area contributed by atoms with Crippen molar-refractivity contribution in [3.63, 3.8) is 0 Å². The van der Waals surface area contributed by atoms with E-state index in [9.17, 15) is 5.11 Å². The highest BCUT2D eigenvalue weighted by Crippen LogP contribution is 2.34. The number of aromatic hydroxyl groups is 1. The molecule has 0 amide bonds. The Bertz CT molecular complexity index is 564. The second-order valence-corrected chi connectivity index (χ2v) is 5.23. The highest BCUT2D eigenvalue weighted by Gasteiger charge is 2.27. The van der Waals surface area contributed by atoms with Crippen LogP contribution >= 0.6 is 0 Å². The summed E-state index contributed by atoms with van der Waals surface area (Å²) in [6.45, 7) is 3.29. The van der Waals surface area contributed by atoms with Crippen molar-refractivity contribution in [2.75, 3.05) is 13.6 Å². The van der Waals surface area contributed by atoms with Crippen molar-refractivity contribution in [1.82, 2.24) is 9.88 Å². The van der Waals surface area contributed by atoms with Gasteiger partial charge in [0, 0.05) is 12.0 Å². The molecule has 1 aromatic heterocycles. The number of phenolic OH excluding ortho intramolecular Hbond substituents is 1. The van der Waals surface area contributed by atoms with Gasteiger partial charge in [-0.05, 0) is 45.5 Å². The van der Waals surface area contributed by atoms with Crippen molar-refractivity contribution >= 4 is 11.1 Å². The van der Waals surface area contributed by atoms with Gasteiger partial charge in [0.05, 0.1) is 0 Å². The van der Waals surface area contributed by atoms with Gasteiger partial charge in [0.15, 0.2) is 17.2 Å². The lowest BCUT2D eigenvalue weighted by atomic mass is 9.92. The molecule has 18 heavy (non-hydrogen) atoms. The largest absolute Gasteiger partial charge is 0.504 e. The highest BCUT2D eigenvalue weighted by molar-refractivity contribution is 5.78. The zero-order chi connectivity index (χ0) is 12.7.